The van der Waals surface area contributed by atoms with Crippen molar-refractivity contribution in [3.63, 3.8) is 0 Å². The summed E-state index contributed by atoms with van der Waals surface area (Å²) in [6.07, 6.45) is 0. The number of rotatable bonds is 6. The van der Waals surface area contributed by atoms with Gasteiger partial charge in [0.2, 0.25) is 10.0 Å². The molecule has 0 saturated heterocycles. The summed E-state index contributed by atoms with van der Waals surface area (Å²) in [7, 11) is -0.346. The lowest BCUT2D eigenvalue weighted by Gasteiger charge is -2.12. The Balaban J connectivity index is 2.22. The molecule has 2 aromatic carbocycles. The van der Waals surface area contributed by atoms with Gasteiger partial charge in [0.05, 0.1) is 12.8 Å². The minimum absolute atomic E-state index is 0.171. The van der Waals surface area contributed by atoms with Gasteiger partial charge < -0.3 is 10.1 Å². The summed E-state index contributed by atoms with van der Waals surface area (Å²) in [5, 5.41) is 2.88. The molecule has 0 bridgehead atoms. The highest BCUT2D eigenvalue weighted by molar-refractivity contribution is 7.89. The lowest BCUT2D eigenvalue weighted by atomic mass is 10.2. The fourth-order valence-electron chi connectivity index (χ4n) is 2.01. The van der Waals surface area contributed by atoms with Crippen molar-refractivity contribution >= 4 is 15.7 Å². The molecule has 0 aromatic heterocycles. The second kappa shape index (κ2) is 6.60. The van der Waals surface area contributed by atoms with E-state index in [2.05, 4.69) is 10.0 Å². The number of hydrogen-bond acceptors (Lipinski definition) is 4. The Kier molecular flexibility index (Phi) is 4.82. The van der Waals surface area contributed by atoms with E-state index >= 15 is 0 Å². The Morgan fingerprint density at radius 3 is 2.43 bits per heavy atom. The largest absolute Gasteiger partial charge is 0.496 e. The molecule has 0 saturated carbocycles. The van der Waals surface area contributed by atoms with E-state index < -0.39 is 10.0 Å². The minimum Gasteiger partial charge on any atom is -0.496 e. The molecule has 112 valence electrons. The van der Waals surface area contributed by atoms with Crippen LogP contribution in [0, 0.1) is 0 Å². The maximum absolute atomic E-state index is 12.4. The quantitative estimate of drug-likeness (QED) is 0.858. The number of anilines is 1. The average molecular weight is 306 g/mol. The van der Waals surface area contributed by atoms with Crippen molar-refractivity contribution in [2.75, 3.05) is 19.5 Å². The van der Waals surface area contributed by atoms with Crippen LogP contribution >= 0.6 is 0 Å². The van der Waals surface area contributed by atoms with Gasteiger partial charge in [-0.1, -0.05) is 30.3 Å². The molecular formula is C15H18N2O3S. The first-order chi connectivity index (χ1) is 10.1. The van der Waals surface area contributed by atoms with Crippen LogP contribution in [0.3, 0.4) is 0 Å². The Bertz CT molecular complexity index is 714. The highest BCUT2D eigenvalue weighted by atomic mass is 32.2. The molecule has 0 atom stereocenters. The summed E-state index contributed by atoms with van der Waals surface area (Å²) in [4.78, 5) is 0.224. The van der Waals surface area contributed by atoms with E-state index in [1.807, 2.05) is 18.2 Å². The standard InChI is InChI=1S/C15H18N2O3S/c1-16-13-8-4-6-10-15(13)21(18,19)17-11-12-7-3-5-9-14(12)20-2/h3-10,16-17H,11H2,1-2H3. The average Bonchev–Trinajstić information content (AvgIpc) is 2.53. The number of methoxy groups -OCH3 is 1. The molecule has 0 aliphatic heterocycles. The number of para-hydroxylation sites is 2. The Labute approximate surface area is 125 Å². The molecule has 0 fully saturated rings. The van der Waals surface area contributed by atoms with Crippen LogP contribution in [0.5, 0.6) is 5.75 Å². The van der Waals surface area contributed by atoms with Gasteiger partial charge in [0.25, 0.3) is 0 Å². The topological polar surface area (TPSA) is 67.4 Å². The molecule has 21 heavy (non-hydrogen) atoms. The van der Waals surface area contributed by atoms with Crippen LogP contribution < -0.4 is 14.8 Å². The monoisotopic (exact) mass is 306 g/mol. The van der Waals surface area contributed by atoms with Gasteiger partial charge in [0.15, 0.2) is 0 Å². The molecule has 0 aliphatic carbocycles. The number of sulfonamides is 1. The van der Waals surface area contributed by atoms with Gasteiger partial charge in [0.1, 0.15) is 10.6 Å². The van der Waals surface area contributed by atoms with Crippen LogP contribution in [0.15, 0.2) is 53.4 Å². The molecule has 0 amide bonds. The minimum atomic E-state index is -3.59. The maximum atomic E-state index is 12.4. The van der Waals surface area contributed by atoms with Crippen LogP contribution in [0.25, 0.3) is 0 Å². The second-order valence-corrected chi connectivity index (χ2v) is 6.12. The molecular weight excluding hydrogens is 288 g/mol. The van der Waals surface area contributed by atoms with Gasteiger partial charge >= 0.3 is 0 Å². The van der Waals surface area contributed by atoms with E-state index in [0.29, 0.717) is 11.4 Å². The van der Waals surface area contributed by atoms with E-state index in [-0.39, 0.29) is 11.4 Å². The summed E-state index contributed by atoms with van der Waals surface area (Å²) < 4.78 is 32.6. The van der Waals surface area contributed by atoms with Crippen LogP contribution in [0.4, 0.5) is 5.69 Å². The third kappa shape index (κ3) is 3.53. The first-order valence-corrected chi connectivity index (χ1v) is 7.95. The van der Waals surface area contributed by atoms with Gasteiger partial charge in [-0.15, -0.1) is 0 Å². The first kappa shape index (κ1) is 15.3. The highest BCUT2D eigenvalue weighted by Crippen LogP contribution is 2.21. The second-order valence-electron chi connectivity index (χ2n) is 4.38. The third-order valence-corrected chi connectivity index (χ3v) is 4.55. The van der Waals surface area contributed by atoms with Crippen LogP contribution in [0.1, 0.15) is 5.56 Å². The summed E-state index contributed by atoms with van der Waals surface area (Å²) in [6, 6.07) is 14.1. The van der Waals surface area contributed by atoms with Crippen LogP contribution in [0.2, 0.25) is 0 Å². The van der Waals surface area contributed by atoms with E-state index in [4.69, 9.17) is 4.74 Å². The molecule has 2 rings (SSSR count). The first-order valence-electron chi connectivity index (χ1n) is 6.47. The van der Waals surface area contributed by atoms with Gasteiger partial charge in [0, 0.05) is 19.2 Å². The SMILES string of the molecule is CNc1ccccc1S(=O)(=O)NCc1ccccc1OC. The normalized spacial score (nSPS) is 11.1. The van der Waals surface area contributed by atoms with Crippen molar-refractivity contribution in [1.82, 2.24) is 4.72 Å². The van der Waals surface area contributed by atoms with E-state index in [1.54, 1.807) is 44.5 Å². The zero-order chi connectivity index (χ0) is 15.3. The Morgan fingerprint density at radius 1 is 1.05 bits per heavy atom. The number of ether oxygens (including phenoxy) is 1. The number of hydrogen-bond donors (Lipinski definition) is 2. The molecule has 6 heteroatoms. The van der Waals surface area contributed by atoms with Gasteiger partial charge in [-0.05, 0) is 18.2 Å². The van der Waals surface area contributed by atoms with Crippen molar-refractivity contribution in [3.05, 3.63) is 54.1 Å². The van der Waals surface area contributed by atoms with Crippen molar-refractivity contribution < 1.29 is 13.2 Å². The van der Waals surface area contributed by atoms with Gasteiger partial charge in [-0.2, -0.15) is 0 Å². The lowest BCUT2D eigenvalue weighted by molar-refractivity contribution is 0.409. The van der Waals surface area contributed by atoms with E-state index in [1.165, 1.54) is 0 Å². The molecule has 0 aliphatic rings. The zero-order valence-corrected chi connectivity index (χ0v) is 12.8. The fourth-order valence-corrected chi connectivity index (χ4v) is 3.23. The molecule has 2 N–H and O–H groups in total. The maximum Gasteiger partial charge on any atom is 0.242 e. The number of benzene rings is 2. The Morgan fingerprint density at radius 2 is 1.71 bits per heavy atom. The van der Waals surface area contributed by atoms with E-state index in [0.717, 1.165) is 5.56 Å². The molecule has 0 heterocycles. The third-order valence-electron chi connectivity index (χ3n) is 3.09. The summed E-state index contributed by atoms with van der Waals surface area (Å²) in [5.41, 5.74) is 1.34. The van der Waals surface area contributed by atoms with Crippen LogP contribution in [-0.2, 0) is 16.6 Å². The Hall–Kier alpha value is -2.05. The van der Waals surface area contributed by atoms with Gasteiger partial charge in [-0.25, -0.2) is 13.1 Å². The molecule has 2 aromatic rings. The predicted molar refractivity (Wildman–Crippen MR) is 83.0 cm³/mol. The highest BCUT2D eigenvalue weighted by Gasteiger charge is 2.17. The molecule has 0 spiro atoms. The van der Waals surface area contributed by atoms with Crippen molar-refractivity contribution in [2.45, 2.75) is 11.4 Å². The molecule has 0 radical (unpaired) electrons. The van der Waals surface area contributed by atoms with Crippen molar-refractivity contribution in [1.29, 1.82) is 0 Å². The smallest absolute Gasteiger partial charge is 0.242 e. The van der Waals surface area contributed by atoms with Crippen molar-refractivity contribution in [3.8, 4) is 5.75 Å². The summed E-state index contributed by atoms with van der Waals surface area (Å²) in [6.45, 7) is 0.171. The fraction of sp³-hybridized carbons (Fsp3) is 0.200. The molecule has 0 unspecified atom stereocenters. The van der Waals surface area contributed by atoms with Crippen molar-refractivity contribution in [2.24, 2.45) is 0 Å². The summed E-state index contributed by atoms with van der Waals surface area (Å²) >= 11 is 0. The summed E-state index contributed by atoms with van der Waals surface area (Å²) in [5.74, 6) is 0.655. The van der Waals surface area contributed by atoms with Gasteiger partial charge in [-0.3, -0.25) is 0 Å². The van der Waals surface area contributed by atoms with Crippen LogP contribution in [-0.4, -0.2) is 22.6 Å². The predicted octanol–water partition coefficient (Wildman–Crippen LogP) is 2.22. The number of nitrogens with one attached hydrogen (secondary N) is 2. The zero-order valence-electron chi connectivity index (χ0n) is 12.0. The lowest BCUT2D eigenvalue weighted by Crippen LogP contribution is -2.24. The van der Waals surface area contributed by atoms with E-state index in [9.17, 15) is 8.42 Å². The molecule has 5 nitrogen and oxygen atoms in total.